The van der Waals surface area contributed by atoms with Gasteiger partial charge in [0.25, 0.3) is 10.1 Å². The Morgan fingerprint density at radius 2 is 1.00 bits per heavy atom. The van der Waals surface area contributed by atoms with Gasteiger partial charge in [-0.15, -0.1) is 0 Å². The van der Waals surface area contributed by atoms with Gasteiger partial charge in [-0.05, 0) is 24.5 Å². The molecule has 4 heteroatoms. The van der Waals surface area contributed by atoms with Crippen molar-refractivity contribution in [1.29, 1.82) is 0 Å². The zero-order valence-corrected chi connectivity index (χ0v) is 19.5. The molecule has 0 aliphatic heterocycles. The zero-order chi connectivity index (χ0) is 21.2. The minimum Gasteiger partial charge on any atom is -0.282 e. The van der Waals surface area contributed by atoms with E-state index in [0.717, 1.165) is 18.4 Å². The summed E-state index contributed by atoms with van der Waals surface area (Å²) in [6.07, 6.45) is 23.4. The normalized spacial score (nSPS) is 11.8. The van der Waals surface area contributed by atoms with E-state index >= 15 is 0 Å². The molecule has 0 fully saturated rings. The van der Waals surface area contributed by atoms with Crippen LogP contribution in [0.15, 0.2) is 29.2 Å². The lowest BCUT2D eigenvalue weighted by atomic mass is 10.0. The molecule has 1 rings (SSSR count). The highest BCUT2D eigenvalue weighted by atomic mass is 32.2. The summed E-state index contributed by atoms with van der Waals surface area (Å²) in [5.74, 6) is 0. The van der Waals surface area contributed by atoms with Crippen LogP contribution in [0.5, 0.6) is 0 Å². The third kappa shape index (κ3) is 13.9. The van der Waals surface area contributed by atoms with E-state index in [1.165, 1.54) is 102 Å². The quantitative estimate of drug-likeness (QED) is 0.180. The maximum absolute atomic E-state index is 11.4. The summed E-state index contributed by atoms with van der Waals surface area (Å²) in [7, 11) is -4.11. The van der Waals surface area contributed by atoms with Gasteiger partial charge in [0.15, 0.2) is 0 Å². The molecule has 0 saturated heterocycles. The van der Waals surface area contributed by atoms with E-state index in [1.807, 2.05) is 6.07 Å². The number of hydrogen-bond donors (Lipinski definition) is 1. The van der Waals surface area contributed by atoms with Crippen LogP contribution >= 0.6 is 0 Å². The fraction of sp³-hybridized carbons (Fsp3) is 0.760. The lowest BCUT2D eigenvalue weighted by molar-refractivity contribution is 0.481. The Kier molecular flexibility index (Phi) is 15.2. The SMILES string of the molecule is CCCCCCCCCCCCCCCCCCCc1ccccc1S(=O)(=O)O. The molecule has 0 amide bonds. The van der Waals surface area contributed by atoms with E-state index in [1.54, 1.807) is 12.1 Å². The Morgan fingerprint density at radius 1 is 0.621 bits per heavy atom. The van der Waals surface area contributed by atoms with E-state index in [4.69, 9.17) is 0 Å². The van der Waals surface area contributed by atoms with Crippen molar-refractivity contribution >= 4 is 10.1 Å². The standard InChI is InChI=1S/C25H44O3S/c1-2-3-4-5-6-7-8-9-10-11-12-13-14-15-16-17-18-21-24-22-19-20-23-25(24)29(26,27)28/h19-20,22-23H,2-18,21H2,1H3,(H,26,27,28). The first kappa shape index (κ1) is 26.2. The first-order chi connectivity index (χ1) is 14.1. The van der Waals surface area contributed by atoms with Crippen molar-refractivity contribution in [2.75, 3.05) is 0 Å². The van der Waals surface area contributed by atoms with Gasteiger partial charge in [-0.1, -0.05) is 128 Å². The van der Waals surface area contributed by atoms with Crippen LogP contribution in [0.1, 0.15) is 122 Å². The molecule has 0 bridgehead atoms. The molecule has 0 radical (unpaired) electrons. The summed E-state index contributed by atoms with van der Waals surface area (Å²) >= 11 is 0. The van der Waals surface area contributed by atoms with Gasteiger partial charge in [-0.3, -0.25) is 4.55 Å². The van der Waals surface area contributed by atoms with Crippen LogP contribution in [-0.2, 0) is 16.5 Å². The summed E-state index contributed by atoms with van der Waals surface area (Å²) in [5.41, 5.74) is 0.732. The molecule has 0 spiro atoms. The van der Waals surface area contributed by atoms with Crippen molar-refractivity contribution in [2.45, 2.75) is 127 Å². The number of aryl methyl sites for hydroxylation is 1. The molecular weight excluding hydrogens is 380 g/mol. The van der Waals surface area contributed by atoms with Crippen molar-refractivity contribution in [3.05, 3.63) is 29.8 Å². The lowest BCUT2D eigenvalue weighted by Gasteiger charge is -2.07. The summed E-state index contributed by atoms with van der Waals surface area (Å²) in [5, 5.41) is 0. The van der Waals surface area contributed by atoms with Gasteiger partial charge in [-0.2, -0.15) is 8.42 Å². The molecule has 0 heterocycles. The van der Waals surface area contributed by atoms with Crippen LogP contribution in [0.25, 0.3) is 0 Å². The third-order valence-corrected chi connectivity index (χ3v) is 6.75. The van der Waals surface area contributed by atoms with Gasteiger partial charge >= 0.3 is 0 Å². The second kappa shape index (κ2) is 16.9. The average Bonchev–Trinajstić information content (AvgIpc) is 2.70. The molecular formula is C25H44O3S. The molecule has 1 N–H and O–H groups in total. The zero-order valence-electron chi connectivity index (χ0n) is 18.7. The van der Waals surface area contributed by atoms with Gasteiger partial charge in [0.1, 0.15) is 0 Å². The van der Waals surface area contributed by atoms with Gasteiger partial charge in [0.05, 0.1) is 4.90 Å². The maximum Gasteiger partial charge on any atom is 0.294 e. The smallest absolute Gasteiger partial charge is 0.282 e. The Labute approximate surface area is 180 Å². The Balaban J connectivity index is 1.89. The number of rotatable bonds is 19. The van der Waals surface area contributed by atoms with E-state index in [2.05, 4.69) is 6.92 Å². The highest BCUT2D eigenvalue weighted by Gasteiger charge is 2.13. The Bertz CT molecular complexity index is 610. The fourth-order valence-electron chi connectivity index (χ4n) is 4.00. The van der Waals surface area contributed by atoms with Crippen molar-refractivity contribution in [1.82, 2.24) is 0 Å². The maximum atomic E-state index is 11.4. The van der Waals surface area contributed by atoms with Crippen LogP contribution in [0.3, 0.4) is 0 Å². The summed E-state index contributed by atoms with van der Waals surface area (Å²) < 4.78 is 32.1. The Morgan fingerprint density at radius 3 is 1.41 bits per heavy atom. The molecule has 168 valence electrons. The van der Waals surface area contributed by atoms with Gasteiger partial charge in [0, 0.05) is 0 Å². The molecule has 0 atom stereocenters. The molecule has 0 aliphatic rings. The molecule has 0 unspecified atom stereocenters. The first-order valence-corrected chi connectivity index (χ1v) is 13.5. The predicted octanol–water partition coefficient (Wildman–Crippen LogP) is 8.13. The van der Waals surface area contributed by atoms with Gasteiger partial charge < -0.3 is 0 Å². The molecule has 0 aromatic heterocycles. The molecule has 3 nitrogen and oxygen atoms in total. The minimum atomic E-state index is -4.11. The summed E-state index contributed by atoms with van der Waals surface area (Å²) in [6, 6.07) is 6.77. The lowest BCUT2D eigenvalue weighted by Crippen LogP contribution is -2.03. The second-order valence-electron chi connectivity index (χ2n) is 8.49. The average molecular weight is 425 g/mol. The monoisotopic (exact) mass is 424 g/mol. The van der Waals surface area contributed by atoms with E-state index in [0.29, 0.717) is 6.42 Å². The predicted molar refractivity (Wildman–Crippen MR) is 124 cm³/mol. The van der Waals surface area contributed by atoms with Crippen LogP contribution in [0, 0.1) is 0 Å². The largest absolute Gasteiger partial charge is 0.294 e. The third-order valence-electron chi connectivity index (χ3n) is 5.80. The van der Waals surface area contributed by atoms with Crippen molar-refractivity contribution in [2.24, 2.45) is 0 Å². The number of unbranched alkanes of at least 4 members (excludes halogenated alkanes) is 16. The van der Waals surface area contributed by atoms with Crippen LogP contribution < -0.4 is 0 Å². The Hall–Kier alpha value is -0.870. The van der Waals surface area contributed by atoms with E-state index in [-0.39, 0.29) is 4.90 Å². The summed E-state index contributed by atoms with van der Waals surface area (Å²) in [4.78, 5) is 0.0662. The van der Waals surface area contributed by atoms with Crippen LogP contribution in [-0.4, -0.2) is 13.0 Å². The molecule has 1 aromatic carbocycles. The summed E-state index contributed by atoms with van der Waals surface area (Å²) in [6.45, 7) is 2.27. The highest BCUT2D eigenvalue weighted by molar-refractivity contribution is 7.85. The topological polar surface area (TPSA) is 54.4 Å². The fourth-order valence-corrected chi connectivity index (χ4v) is 4.75. The van der Waals surface area contributed by atoms with Gasteiger partial charge in [-0.25, -0.2) is 0 Å². The highest BCUT2D eigenvalue weighted by Crippen LogP contribution is 2.19. The second-order valence-corrected chi connectivity index (χ2v) is 9.88. The van der Waals surface area contributed by atoms with Crippen LogP contribution in [0.4, 0.5) is 0 Å². The minimum absolute atomic E-state index is 0.0662. The van der Waals surface area contributed by atoms with Gasteiger partial charge in [0.2, 0.25) is 0 Å². The molecule has 29 heavy (non-hydrogen) atoms. The molecule has 0 saturated carbocycles. The molecule has 1 aromatic rings. The number of benzene rings is 1. The van der Waals surface area contributed by atoms with Crippen molar-refractivity contribution in [3.63, 3.8) is 0 Å². The van der Waals surface area contributed by atoms with Crippen LogP contribution in [0.2, 0.25) is 0 Å². The van der Waals surface area contributed by atoms with E-state index < -0.39 is 10.1 Å². The molecule has 0 aliphatic carbocycles. The van der Waals surface area contributed by atoms with Crippen molar-refractivity contribution in [3.8, 4) is 0 Å². The number of hydrogen-bond acceptors (Lipinski definition) is 2. The van der Waals surface area contributed by atoms with E-state index in [9.17, 15) is 13.0 Å². The first-order valence-electron chi connectivity index (χ1n) is 12.1. The van der Waals surface area contributed by atoms with Crippen molar-refractivity contribution < 1.29 is 13.0 Å².